The van der Waals surface area contributed by atoms with Gasteiger partial charge in [0, 0.05) is 6.42 Å². The Kier molecular flexibility index (Phi) is 7.87. The van der Waals surface area contributed by atoms with E-state index in [-0.39, 0.29) is 47.2 Å². The predicted octanol–water partition coefficient (Wildman–Crippen LogP) is 1.44. The number of carbonyl (C=O) groups is 2. The van der Waals surface area contributed by atoms with Gasteiger partial charge in [-0.3, -0.25) is 4.79 Å². The Balaban J connectivity index is 1.25. The van der Waals surface area contributed by atoms with Crippen molar-refractivity contribution in [2.24, 2.45) is 46.3 Å². The Bertz CT molecular complexity index is 943. The highest BCUT2D eigenvalue weighted by Crippen LogP contribution is 2.68. The summed E-state index contributed by atoms with van der Waals surface area (Å²) in [7, 11) is 0. The van der Waals surface area contributed by atoms with Crippen LogP contribution in [-0.2, 0) is 19.1 Å². The molecule has 1 saturated heterocycles. The smallest absolute Gasteiger partial charge is 0.335 e. The lowest BCUT2D eigenvalue weighted by atomic mass is 9.43. The van der Waals surface area contributed by atoms with E-state index in [1.54, 1.807) is 0 Å². The van der Waals surface area contributed by atoms with Crippen LogP contribution in [0, 0.1) is 46.3 Å². The number of carboxylic acids is 1. The minimum Gasteiger partial charge on any atom is -0.479 e. The number of ether oxygens (including phenoxy) is 2. The molecule has 0 unspecified atom stereocenters. The maximum atomic E-state index is 12.9. The fourth-order valence-corrected chi connectivity index (χ4v) is 9.91. The van der Waals surface area contributed by atoms with Gasteiger partial charge < -0.3 is 40.1 Å². The fraction of sp³-hybridized carbons (Fsp3) is 0.931. The van der Waals surface area contributed by atoms with Crippen LogP contribution >= 0.6 is 0 Å². The first-order chi connectivity index (χ1) is 18.3. The standard InChI is InChI=1S/C29H46O10/c1-13(10-20(32)38-27-24(35)22(33)23(34)25(39-27)26(36)37)16-4-5-17-21-18(7-9-29(16,17)3)28(2)8-6-15(30)11-14(28)12-19(21)31/h13-19,21-25,27,30-31,33-35H,4-12H2,1-3H3,(H,36,37)/t13-,14+,15-,16-,17+,18+,19+,21+,22+,23+,24-,25+,27-,28+,29-/m1/s1. The van der Waals surface area contributed by atoms with Crippen molar-refractivity contribution in [1.82, 2.24) is 0 Å². The zero-order valence-corrected chi connectivity index (χ0v) is 23.2. The van der Waals surface area contributed by atoms with Crippen LogP contribution in [0.3, 0.4) is 0 Å². The van der Waals surface area contributed by atoms with Crippen LogP contribution in [0.25, 0.3) is 0 Å². The summed E-state index contributed by atoms with van der Waals surface area (Å²) in [6.45, 7) is 6.70. The summed E-state index contributed by atoms with van der Waals surface area (Å²) in [6, 6.07) is 0. The van der Waals surface area contributed by atoms with Gasteiger partial charge in [0.25, 0.3) is 0 Å². The molecule has 0 aromatic carbocycles. The molecular weight excluding hydrogens is 508 g/mol. The van der Waals surface area contributed by atoms with Gasteiger partial charge in [-0.1, -0.05) is 20.8 Å². The largest absolute Gasteiger partial charge is 0.479 e. The molecule has 5 fully saturated rings. The van der Waals surface area contributed by atoms with Crippen LogP contribution in [-0.4, -0.2) is 85.5 Å². The maximum absolute atomic E-state index is 12.9. The molecule has 0 aromatic rings. The molecule has 39 heavy (non-hydrogen) atoms. The summed E-state index contributed by atoms with van der Waals surface area (Å²) >= 11 is 0. The third kappa shape index (κ3) is 4.83. The molecule has 15 atom stereocenters. The number of hydrogen-bond acceptors (Lipinski definition) is 9. The number of rotatable bonds is 5. The second-order valence-electron chi connectivity index (χ2n) is 13.9. The number of aliphatic hydroxyl groups excluding tert-OH is 5. The summed E-state index contributed by atoms with van der Waals surface area (Å²) in [4.78, 5) is 24.3. The van der Waals surface area contributed by atoms with Gasteiger partial charge in [-0.05, 0) is 97.7 Å². The lowest BCUT2D eigenvalue weighted by Crippen LogP contribution is -2.60. The van der Waals surface area contributed by atoms with Crippen LogP contribution < -0.4 is 0 Å². The molecule has 10 nitrogen and oxygen atoms in total. The highest BCUT2D eigenvalue weighted by molar-refractivity contribution is 5.73. The summed E-state index contributed by atoms with van der Waals surface area (Å²) in [6.07, 6.45) is -2.18. The van der Waals surface area contributed by atoms with E-state index >= 15 is 0 Å². The molecule has 5 rings (SSSR count). The van der Waals surface area contributed by atoms with Crippen molar-refractivity contribution in [2.75, 3.05) is 0 Å². The van der Waals surface area contributed by atoms with Crippen LogP contribution in [0.2, 0.25) is 0 Å². The number of esters is 1. The average molecular weight is 555 g/mol. The van der Waals surface area contributed by atoms with Crippen molar-refractivity contribution in [1.29, 1.82) is 0 Å². The number of carboxylic acid groups (broad SMARTS) is 1. The van der Waals surface area contributed by atoms with Crippen LogP contribution in [0.1, 0.15) is 78.6 Å². The first-order valence-corrected chi connectivity index (χ1v) is 14.8. The van der Waals surface area contributed by atoms with Crippen molar-refractivity contribution in [2.45, 2.75) is 121 Å². The third-order valence-electron chi connectivity index (χ3n) is 12.0. The summed E-state index contributed by atoms with van der Waals surface area (Å²) in [5, 5.41) is 61.0. The van der Waals surface area contributed by atoms with Gasteiger partial charge in [0.05, 0.1) is 12.2 Å². The molecule has 10 heteroatoms. The van der Waals surface area contributed by atoms with Crippen LogP contribution in [0.5, 0.6) is 0 Å². The van der Waals surface area contributed by atoms with E-state index in [4.69, 9.17) is 9.47 Å². The average Bonchev–Trinajstić information content (AvgIpc) is 3.22. The molecule has 4 aliphatic carbocycles. The van der Waals surface area contributed by atoms with Gasteiger partial charge in [0.15, 0.2) is 6.10 Å². The zero-order valence-electron chi connectivity index (χ0n) is 23.2. The topological polar surface area (TPSA) is 174 Å². The second-order valence-corrected chi connectivity index (χ2v) is 13.9. The molecule has 0 radical (unpaired) electrons. The molecule has 0 aromatic heterocycles. The van der Waals surface area contributed by atoms with Gasteiger partial charge in [-0.15, -0.1) is 0 Å². The molecule has 4 saturated carbocycles. The van der Waals surface area contributed by atoms with E-state index in [1.807, 2.05) is 6.92 Å². The molecule has 0 spiro atoms. The van der Waals surface area contributed by atoms with E-state index in [0.29, 0.717) is 17.8 Å². The van der Waals surface area contributed by atoms with E-state index < -0.39 is 42.6 Å². The lowest BCUT2D eigenvalue weighted by molar-refractivity contribution is -0.286. The van der Waals surface area contributed by atoms with E-state index in [0.717, 1.165) is 51.4 Å². The molecule has 1 aliphatic heterocycles. The number of aliphatic carboxylic acids is 1. The van der Waals surface area contributed by atoms with E-state index in [1.165, 1.54) is 0 Å². The van der Waals surface area contributed by atoms with Crippen molar-refractivity contribution in [3.8, 4) is 0 Å². The molecule has 1 heterocycles. The Hall–Kier alpha value is -1.30. The fourth-order valence-electron chi connectivity index (χ4n) is 9.91. The van der Waals surface area contributed by atoms with Gasteiger partial charge in [-0.25, -0.2) is 4.79 Å². The second kappa shape index (κ2) is 10.5. The Morgan fingerprint density at radius 3 is 2.26 bits per heavy atom. The minimum absolute atomic E-state index is 0.0330. The molecule has 222 valence electrons. The Morgan fingerprint density at radius 1 is 0.897 bits per heavy atom. The first-order valence-electron chi connectivity index (χ1n) is 14.8. The minimum atomic E-state index is -1.84. The first kappa shape index (κ1) is 29.2. The van der Waals surface area contributed by atoms with Crippen LogP contribution in [0.15, 0.2) is 0 Å². The highest BCUT2D eigenvalue weighted by atomic mass is 16.7. The van der Waals surface area contributed by atoms with Crippen molar-refractivity contribution in [3.05, 3.63) is 0 Å². The molecule has 5 aliphatic rings. The maximum Gasteiger partial charge on any atom is 0.335 e. The van der Waals surface area contributed by atoms with Gasteiger partial charge >= 0.3 is 11.9 Å². The molecule has 0 amide bonds. The Morgan fingerprint density at radius 2 is 1.56 bits per heavy atom. The van der Waals surface area contributed by atoms with E-state index in [2.05, 4.69) is 13.8 Å². The van der Waals surface area contributed by atoms with Gasteiger partial charge in [-0.2, -0.15) is 0 Å². The van der Waals surface area contributed by atoms with Crippen molar-refractivity contribution in [3.63, 3.8) is 0 Å². The summed E-state index contributed by atoms with van der Waals surface area (Å²) < 4.78 is 10.4. The number of hydrogen-bond donors (Lipinski definition) is 6. The SMILES string of the molecule is C[C@H](CC(=O)O[C@@H]1O[C@H](C(=O)O)[C@@H](O)[C@H](O)[C@H]1O)[C@H]1CC[C@H]2[C@@H]3[C@@H](O)C[C@@H]4C[C@H](O)CC[C@]4(C)[C@H]3CC[C@]12C. The molecule has 0 bridgehead atoms. The van der Waals surface area contributed by atoms with E-state index in [9.17, 15) is 40.2 Å². The predicted molar refractivity (Wildman–Crippen MR) is 137 cm³/mol. The summed E-state index contributed by atoms with van der Waals surface area (Å²) in [5.41, 5.74) is 0.111. The highest BCUT2D eigenvalue weighted by Gasteiger charge is 2.63. The zero-order chi connectivity index (χ0) is 28.4. The molecular formula is C29H46O10. The van der Waals surface area contributed by atoms with Crippen molar-refractivity contribution >= 4 is 11.9 Å². The number of aliphatic hydroxyl groups is 5. The van der Waals surface area contributed by atoms with Crippen LogP contribution in [0.4, 0.5) is 0 Å². The summed E-state index contributed by atoms with van der Waals surface area (Å²) in [5.74, 6) is -0.642. The Labute approximate surface area is 229 Å². The van der Waals surface area contributed by atoms with Gasteiger partial charge in [0.1, 0.15) is 18.3 Å². The van der Waals surface area contributed by atoms with Gasteiger partial charge in [0.2, 0.25) is 6.29 Å². The third-order valence-corrected chi connectivity index (χ3v) is 12.0. The van der Waals surface area contributed by atoms with Crippen molar-refractivity contribution < 1.29 is 49.7 Å². The molecule has 6 N–H and O–H groups in total. The number of fused-ring (bicyclic) bond motifs is 5. The monoisotopic (exact) mass is 554 g/mol. The number of carbonyl (C=O) groups excluding carboxylic acids is 1. The quantitative estimate of drug-likeness (QED) is 0.273. The lowest BCUT2D eigenvalue weighted by Gasteiger charge is -2.62. The normalized spacial score (nSPS) is 52.2.